The van der Waals surface area contributed by atoms with Crippen LogP contribution in [0, 0.1) is 11.7 Å². The Hall–Kier alpha value is -1.58. The Morgan fingerprint density at radius 2 is 2.10 bits per heavy atom. The van der Waals surface area contributed by atoms with Gasteiger partial charge >= 0.3 is 0 Å². The molecular weight excluding hydrogens is 289 g/mol. The summed E-state index contributed by atoms with van der Waals surface area (Å²) in [5.41, 5.74) is 8.22. The first kappa shape index (κ1) is 14.4. The predicted molar refractivity (Wildman–Crippen MR) is 82.2 cm³/mol. The minimum atomic E-state index is -0.285. The molecule has 0 saturated heterocycles. The molecule has 0 bridgehead atoms. The number of hydrogen-bond acceptors (Lipinski definition) is 2. The fraction of sp³-hybridized carbons (Fsp3) is 0.294. The lowest BCUT2D eigenvalue weighted by Crippen LogP contribution is -2.39. The van der Waals surface area contributed by atoms with Crippen molar-refractivity contribution >= 4 is 11.6 Å². The van der Waals surface area contributed by atoms with Crippen LogP contribution in [0.5, 0.6) is 5.75 Å². The van der Waals surface area contributed by atoms with E-state index in [2.05, 4.69) is 6.07 Å². The summed E-state index contributed by atoms with van der Waals surface area (Å²) in [7, 11) is 0. The molecule has 1 aliphatic heterocycles. The smallest absolute Gasteiger partial charge is 0.123 e. The van der Waals surface area contributed by atoms with Crippen molar-refractivity contribution in [3.05, 3.63) is 64.4 Å². The van der Waals surface area contributed by atoms with E-state index in [1.54, 1.807) is 6.07 Å². The molecule has 3 rings (SSSR count). The van der Waals surface area contributed by atoms with Gasteiger partial charge in [0, 0.05) is 17.0 Å². The second kappa shape index (κ2) is 6.04. The standard InChI is InChI=1S/C17H17ClFNO/c18-15-6-5-14(19)8-12(15)9-16(20)13-7-11-3-1-2-4-17(11)21-10-13/h1-6,8,13,16H,7,9-10,20H2. The van der Waals surface area contributed by atoms with Crippen molar-refractivity contribution < 1.29 is 9.13 Å². The second-order valence-electron chi connectivity index (χ2n) is 5.49. The Morgan fingerprint density at radius 1 is 1.29 bits per heavy atom. The van der Waals surface area contributed by atoms with Gasteiger partial charge < -0.3 is 10.5 Å². The van der Waals surface area contributed by atoms with Gasteiger partial charge in [-0.05, 0) is 48.2 Å². The molecule has 110 valence electrons. The van der Waals surface area contributed by atoms with Crippen LogP contribution >= 0.6 is 11.6 Å². The molecule has 0 saturated carbocycles. The zero-order valence-corrected chi connectivity index (χ0v) is 12.3. The van der Waals surface area contributed by atoms with E-state index >= 15 is 0 Å². The highest BCUT2D eigenvalue weighted by Gasteiger charge is 2.25. The Kier molecular flexibility index (Phi) is 4.13. The van der Waals surface area contributed by atoms with Crippen LogP contribution in [0.2, 0.25) is 5.02 Å². The van der Waals surface area contributed by atoms with Gasteiger partial charge in [0.05, 0.1) is 6.61 Å². The SMILES string of the molecule is NC(Cc1cc(F)ccc1Cl)C1COc2ccccc2C1. The minimum Gasteiger partial charge on any atom is -0.493 e. The van der Waals surface area contributed by atoms with Crippen LogP contribution in [0.25, 0.3) is 0 Å². The average molecular weight is 306 g/mol. The number of ether oxygens (including phenoxy) is 1. The third-order valence-electron chi connectivity index (χ3n) is 3.98. The van der Waals surface area contributed by atoms with Crippen LogP contribution in [-0.4, -0.2) is 12.6 Å². The highest BCUT2D eigenvalue weighted by atomic mass is 35.5. The molecule has 2 aromatic carbocycles. The molecule has 0 radical (unpaired) electrons. The maximum atomic E-state index is 13.3. The lowest BCUT2D eigenvalue weighted by Gasteiger charge is -2.29. The van der Waals surface area contributed by atoms with Gasteiger partial charge in [0.1, 0.15) is 11.6 Å². The molecule has 2 unspecified atom stereocenters. The van der Waals surface area contributed by atoms with E-state index in [1.807, 2.05) is 18.2 Å². The summed E-state index contributed by atoms with van der Waals surface area (Å²) in [5.74, 6) is 0.857. The highest BCUT2D eigenvalue weighted by molar-refractivity contribution is 6.31. The summed E-state index contributed by atoms with van der Waals surface area (Å²) >= 11 is 6.11. The Bertz CT molecular complexity index is 646. The zero-order chi connectivity index (χ0) is 14.8. The van der Waals surface area contributed by atoms with Crippen molar-refractivity contribution in [2.45, 2.75) is 18.9 Å². The quantitative estimate of drug-likeness (QED) is 0.940. The van der Waals surface area contributed by atoms with Gasteiger partial charge in [-0.25, -0.2) is 4.39 Å². The van der Waals surface area contributed by atoms with Crippen molar-refractivity contribution in [1.29, 1.82) is 0 Å². The summed E-state index contributed by atoms with van der Waals surface area (Å²) in [4.78, 5) is 0. The molecule has 21 heavy (non-hydrogen) atoms. The third-order valence-corrected chi connectivity index (χ3v) is 4.35. The maximum Gasteiger partial charge on any atom is 0.123 e. The van der Waals surface area contributed by atoms with E-state index in [1.165, 1.54) is 17.7 Å². The van der Waals surface area contributed by atoms with Gasteiger partial charge in [-0.15, -0.1) is 0 Å². The van der Waals surface area contributed by atoms with Crippen LogP contribution in [0.4, 0.5) is 4.39 Å². The van der Waals surface area contributed by atoms with Crippen LogP contribution in [0.3, 0.4) is 0 Å². The van der Waals surface area contributed by atoms with Gasteiger partial charge in [0.25, 0.3) is 0 Å². The topological polar surface area (TPSA) is 35.2 Å². The summed E-state index contributed by atoms with van der Waals surface area (Å²) < 4.78 is 19.1. The maximum absolute atomic E-state index is 13.3. The van der Waals surface area contributed by atoms with Crippen molar-refractivity contribution in [1.82, 2.24) is 0 Å². The fourth-order valence-electron chi connectivity index (χ4n) is 2.75. The number of para-hydroxylation sites is 1. The molecule has 0 amide bonds. The van der Waals surface area contributed by atoms with Crippen LogP contribution < -0.4 is 10.5 Å². The zero-order valence-electron chi connectivity index (χ0n) is 11.6. The van der Waals surface area contributed by atoms with E-state index in [9.17, 15) is 4.39 Å². The summed E-state index contributed by atoms with van der Waals surface area (Å²) in [6.45, 7) is 0.588. The molecule has 1 heterocycles. The molecular formula is C17H17ClFNO. The molecule has 2 aromatic rings. The number of rotatable bonds is 3. The van der Waals surface area contributed by atoms with Gasteiger partial charge in [0.15, 0.2) is 0 Å². The second-order valence-corrected chi connectivity index (χ2v) is 5.89. The largest absolute Gasteiger partial charge is 0.493 e. The van der Waals surface area contributed by atoms with Crippen molar-refractivity contribution in [2.24, 2.45) is 11.7 Å². The summed E-state index contributed by atoms with van der Waals surface area (Å²) in [5, 5.41) is 0.559. The number of fused-ring (bicyclic) bond motifs is 1. The molecule has 2 atom stereocenters. The van der Waals surface area contributed by atoms with E-state index in [0.717, 1.165) is 17.7 Å². The molecule has 0 aromatic heterocycles. The highest BCUT2D eigenvalue weighted by Crippen LogP contribution is 2.29. The summed E-state index contributed by atoms with van der Waals surface area (Å²) in [6.07, 6.45) is 1.43. The van der Waals surface area contributed by atoms with Crippen LogP contribution in [0.1, 0.15) is 11.1 Å². The molecule has 0 aliphatic carbocycles. The first-order chi connectivity index (χ1) is 10.1. The number of halogens is 2. The van der Waals surface area contributed by atoms with Gasteiger partial charge in [-0.1, -0.05) is 29.8 Å². The van der Waals surface area contributed by atoms with E-state index in [0.29, 0.717) is 18.1 Å². The van der Waals surface area contributed by atoms with Gasteiger partial charge in [0.2, 0.25) is 0 Å². The van der Waals surface area contributed by atoms with Crippen LogP contribution in [0.15, 0.2) is 42.5 Å². The van der Waals surface area contributed by atoms with Crippen molar-refractivity contribution in [2.75, 3.05) is 6.61 Å². The van der Waals surface area contributed by atoms with Crippen molar-refractivity contribution in [3.63, 3.8) is 0 Å². The molecule has 2 nitrogen and oxygen atoms in total. The first-order valence-electron chi connectivity index (χ1n) is 7.03. The number of nitrogens with two attached hydrogens (primary N) is 1. The van der Waals surface area contributed by atoms with Gasteiger partial charge in [-0.3, -0.25) is 0 Å². The van der Waals surface area contributed by atoms with Crippen LogP contribution in [-0.2, 0) is 12.8 Å². The lowest BCUT2D eigenvalue weighted by atomic mass is 9.87. The average Bonchev–Trinajstić information content (AvgIpc) is 2.50. The normalized spacial score (nSPS) is 18.7. The van der Waals surface area contributed by atoms with Crippen molar-refractivity contribution in [3.8, 4) is 5.75 Å². The Balaban J connectivity index is 1.72. The first-order valence-corrected chi connectivity index (χ1v) is 7.41. The van der Waals surface area contributed by atoms with E-state index in [-0.39, 0.29) is 17.8 Å². The number of hydrogen-bond donors (Lipinski definition) is 1. The predicted octanol–water partition coefficient (Wildman–Crippen LogP) is 3.60. The third kappa shape index (κ3) is 3.20. The molecule has 0 spiro atoms. The molecule has 0 fully saturated rings. The molecule has 2 N–H and O–H groups in total. The van der Waals surface area contributed by atoms with Gasteiger partial charge in [-0.2, -0.15) is 0 Å². The molecule has 4 heteroatoms. The lowest BCUT2D eigenvalue weighted by molar-refractivity contribution is 0.199. The van der Waals surface area contributed by atoms with E-state index in [4.69, 9.17) is 22.1 Å². The minimum absolute atomic E-state index is 0.113. The Labute approximate surface area is 128 Å². The van der Waals surface area contributed by atoms with E-state index < -0.39 is 0 Å². The Morgan fingerprint density at radius 3 is 2.95 bits per heavy atom. The number of benzene rings is 2. The monoisotopic (exact) mass is 305 g/mol. The summed E-state index contributed by atoms with van der Waals surface area (Å²) in [6, 6.07) is 12.3. The molecule has 1 aliphatic rings. The fourth-order valence-corrected chi connectivity index (χ4v) is 2.94.